The monoisotopic (exact) mass is 365 g/mol. The molecule has 0 bridgehead atoms. The van der Waals surface area contributed by atoms with E-state index in [-0.39, 0.29) is 11.5 Å². The number of nitrogens with zero attached hydrogens (tertiary/aromatic N) is 1. The molecule has 0 unspecified atom stereocenters. The molecule has 1 N–H and O–H groups in total. The highest BCUT2D eigenvalue weighted by Crippen LogP contribution is 2.32. The zero-order chi connectivity index (χ0) is 17.3. The van der Waals surface area contributed by atoms with Gasteiger partial charge in [-0.15, -0.1) is 11.3 Å². The molecule has 0 saturated carbocycles. The topological polar surface area (TPSA) is 74.7 Å². The van der Waals surface area contributed by atoms with Crippen LogP contribution in [0.2, 0.25) is 0 Å². The Labute approximate surface area is 145 Å². The molecule has 1 aliphatic heterocycles. The number of rotatable bonds is 4. The number of hydrogen-bond acceptors (Lipinski definition) is 4. The van der Waals surface area contributed by atoms with Crippen LogP contribution >= 0.6 is 11.3 Å². The van der Waals surface area contributed by atoms with Gasteiger partial charge in [-0.2, -0.15) is 4.31 Å². The zero-order valence-corrected chi connectivity index (χ0v) is 14.9. The van der Waals surface area contributed by atoms with Crippen molar-refractivity contribution in [1.82, 2.24) is 4.31 Å². The second-order valence-corrected chi connectivity index (χ2v) is 9.15. The fourth-order valence-electron chi connectivity index (χ4n) is 3.03. The molecular weight excluding hydrogens is 346 g/mol. The molecule has 1 aliphatic rings. The van der Waals surface area contributed by atoms with Crippen LogP contribution < -0.4 is 0 Å². The van der Waals surface area contributed by atoms with Crippen LogP contribution in [0.25, 0.3) is 0 Å². The van der Waals surface area contributed by atoms with Gasteiger partial charge in [0.1, 0.15) is 4.21 Å². The summed E-state index contributed by atoms with van der Waals surface area (Å²) in [5.74, 6) is -0.944. The first-order valence-electron chi connectivity index (χ1n) is 7.76. The molecule has 2 heterocycles. The maximum Gasteiger partial charge on any atom is 0.335 e. The maximum atomic E-state index is 12.8. The van der Waals surface area contributed by atoms with E-state index in [1.807, 2.05) is 18.4 Å². The highest BCUT2D eigenvalue weighted by Gasteiger charge is 2.31. The first-order chi connectivity index (χ1) is 11.4. The van der Waals surface area contributed by atoms with Gasteiger partial charge in [0.25, 0.3) is 10.0 Å². The normalized spacial score (nSPS) is 19.3. The second-order valence-electron chi connectivity index (χ2n) is 6.08. The molecule has 7 heteroatoms. The van der Waals surface area contributed by atoms with Crippen molar-refractivity contribution in [3.05, 3.63) is 52.4 Å². The summed E-state index contributed by atoms with van der Waals surface area (Å²) >= 11 is 1.25. The van der Waals surface area contributed by atoms with Crippen LogP contribution in [-0.4, -0.2) is 36.9 Å². The van der Waals surface area contributed by atoms with Gasteiger partial charge >= 0.3 is 5.97 Å². The Morgan fingerprint density at radius 3 is 2.79 bits per heavy atom. The lowest BCUT2D eigenvalue weighted by Crippen LogP contribution is -2.38. The molecule has 0 amide bonds. The molecule has 0 aliphatic carbocycles. The van der Waals surface area contributed by atoms with Crippen LogP contribution in [0.1, 0.15) is 40.2 Å². The van der Waals surface area contributed by atoms with E-state index in [2.05, 4.69) is 0 Å². The van der Waals surface area contributed by atoms with Crippen LogP contribution in [-0.2, 0) is 10.0 Å². The Balaban J connectivity index is 1.84. The van der Waals surface area contributed by atoms with Crippen molar-refractivity contribution >= 4 is 27.3 Å². The number of aryl methyl sites for hydroxylation is 1. The molecule has 1 aromatic heterocycles. The van der Waals surface area contributed by atoms with Gasteiger partial charge in [-0.25, -0.2) is 13.2 Å². The fraction of sp³-hybridized carbons (Fsp3) is 0.353. The number of thiophene rings is 1. The van der Waals surface area contributed by atoms with Gasteiger partial charge < -0.3 is 5.11 Å². The predicted octanol–water partition coefficient (Wildman–Crippen LogP) is 3.32. The number of carboxylic acid groups (broad SMARTS) is 1. The SMILES string of the molecule is Cc1csc(S(=O)(=O)N2CCC[C@@H](c3cccc(C(=O)O)c3)C2)c1. The van der Waals surface area contributed by atoms with Crippen molar-refractivity contribution in [2.75, 3.05) is 13.1 Å². The molecule has 0 radical (unpaired) electrons. The summed E-state index contributed by atoms with van der Waals surface area (Å²) in [7, 11) is -3.47. The first-order valence-corrected chi connectivity index (χ1v) is 10.1. The van der Waals surface area contributed by atoms with E-state index in [9.17, 15) is 13.2 Å². The van der Waals surface area contributed by atoms with Gasteiger partial charge in [0.05, 0.1) is 5.56 Å². The molecule has 2 aromatic rings. The van der Waals surface area contributed by atoms with Crippen LogP contribution in [0.4, 0.5) is 0 Å². The van der Waals surface area contributed by atoms with Gasteiger partial charge in [0, 0.05) is 13.1 Å². The molecule has 128 valence electrons. The fourth-order valence-corrected chi connectivity index (χ4v) is 5.93. The van der Waals surface area contributed by atoms with Gasteiger partial charge in [0.2, 0.25) is 0 Å². The van der Waals surface area contributed by atoms with Crippen molar-refractivity contribution in [1.29, 1.82) is 0 Å². The number of carbonyl (C=O) groups is 1. The Kier molecular flexibility index (Phi) is 4.76. The van der Waals surface area contributed by atoms with Crippen LogP contribution in [0.5, 0.6) is 0 Å². The average Bonchev–Trinajstić information content (AvgIpc) is 3.02. The van der Waals surface area contributed by atoms with E-state index in [1.54, 1.807) is 24.3 Å². The molecule has 5 nitrogen and oxygen atoms in total. The summed E-state index contributed by atoms with van der Waals surface area (Å²) in [6.45, 7) is 2.78. The highest BCUT2D eigenvalue weighted by atomic mass is 32.2. The largest absolute Gasteiger partial charge is 0.478 e. The van der Waals surface area contributed by atoms with E-state index < -0.39 is 16.0 Å². The molecule has 1 fully saturated rings. The first kappa shape index (κ1) is 17.1. The number of benzene rings is 1. The molecule has 0 spiro atoms. The van der Waals surface area contributed by atoms with Crippen LogP contribution in [0.15, 0.2) is 39.9 Å². The summed E-state index contributed by atoms with van der Waals surface area (Å²) < 4.78 is 27.5. The Bertz CT molecular complexity index is 857. The molecule has 24 heavy (non-hydrogen) atoms. The summed E-state index contributed by atoms with van der Waals surface area (Å²) in [4.78, 5) is 11.1. The number of piperidine rings is 1. The lowest BCUT2D eigenvalue weighted by molar-refractivity contribution is 0.0696. The maximum absolute atomic E-state index is 12.8. The van der Waals surface area contributed by atoms with Crippen molar-refractivity contribution in [2.45, 2.75) is 29.9 Å². The lowest BCUT2D eigenvalue weighted by Gasteiger charge is -2.32. The number of carboxylic acids is 1. The smallest absolute Gasteiger partial charge is 0.335 e. The molecule has 1 aromatic carbocycles. The average molecular weight is 365 g/mol. The van der Waals surface area contributed by atoms with E-state index in [0.717, 1.165) is 24.0 Å². The minimum absolute atomic E-state index is 0.0221. The Hall–Kier alpha value is -1.70. The van der Waals surface area contributed by atoms with Crippen molar-refractivity contribution in [3.8, 4) is 0 Å². The second kappa shape index (κ2) is 6.66. The highest BCUT2D eigenvalue weighted by molar-refractivity contribution is 7.91. The summed E-state index contributed by atoms with van der Waals surface area (Å²) in [5, 5.41) is 11.0. The lowest BCUT2D eigenvalue weighted by atomic mass is 9.91. The van der Waals surface area contributed by atoms with Crippen LogP contribution in [0, 0.1) is 6.92 Å². The third-order valence-electron chi connectivity index (χ3n) is 4.29. The van der Waals surface area contributed by atoms with Crippen molar-refractivity contribution in [3.63, 3.8) is 0 Å². The van der Waals surface area contributed by atoms with Gasteiger partial charge in [0.15, 0.2) is 0 Å². The van der Waals surface area contributed by atoms with E-state index in [1.165, 1.54) is 15.6 Å². The quantitative estimate of drug-likeness (QED) is 0.902. The Morgan fingerprint density at radius 2 is 2.12 bits per heavy atom. The number of sulfonamides is 1. The third kappa shape index (κ3) is 3.38. The minimum atomic E-state index is -3.47. The Morgan fingerprint density at radius 1 is 1.33 bits per heavy atom. The van der Waals surface area contributed by atoms with E-state index in [4.69, 9.17) is 5.11 Å². The molecular formula is C17H19NO4S2. The van der Waals surface area contributed by atoms with E-state index in [0.29, 0.717) is 17.3 Å². The van der Waals surface area contributed by atoms with Gasteiger partial charge in [-0.05, 0) is 60.4 Å². The molecule has 1 saturated heterocycles. The molecule has 3 rings (SSSR count). The summed E-state index contributed by atoms with van der Waals surface area (Å²) in [6, 6.07) is 8.50. The minimum Gasteiger partial charge on any atom is -0.478 e. The van der Waals surface area contributed by atoms with E-state index >= 15 is 0 Å². The van der Waals surface area contributed by atoms with Crippen LogP contribution in [0.3, 0.4) is 0 Å². The van der Waals surface area contributed by atoms with Gasteiger partial charge in [-0.1, -0.05) is 12.1 Å². The number of hydrogen-bond donors (Lipinski definition) is 1. The third-order valence-corrected chi connectivity index (χ3v) is 7.69. The van der Waals surface area contributed by atoms with Gasteiger partial charge in [-0.3, -0.25) is 0 Å². The molecule has 1 atom stereocenters. The van der Waals surface area contributed by atoms with Crippen molar-refractivity contribution in [2.24, 2.45) is 0 Å². The summed E-state index contributed by atoms with van der Waals surface area (Å²) in [5.41, 5.74) is 2.07. The van der Waals surface area contributed by atoms with Crippen molar-refractivity contribution < 1.29 is 18.3 Å². The summed E-state index contributed by atoms with van der Waals surface area (Å²) in [6.07, 6.45) is 1.63. The zero-order valence-electron chi connectivity index (χ0n) is 13.3. The predicted molar refractivity (Wildman–Crippen MR) is 93.2 cm³/mol. The number of aromatic carboxylic acids is 1. The standard InChI is InChI=1S/C17H19NO4S2/c1-12-8-16(23-11-12)24(21,22)18-7-3-6-15(10-18)13-4-2-5-14(9-13)17(19)20/h2,4-5,8-9,11,15H,3,6-7,10H2,1H3,(H,19,20)/t15-/m1/s1.